The van der Waals surface area contributed by atoms with Crippen LogP contribution in [0.25, 0.3) is 11.1 Å². The lowest BCUT2D eigenvalue weighted by atomic mass is 9.77. The molecule has 2 aliphatic rings. The molecule has 1 aromatic heterocycles. The van der Waals surface area contributed by atoms with Gasteiger partial charge in [0, 0.05) is 29.5 Å². The minimum absolute atomic E-state index is 0.0293. The number of pyridine rings is 1. The molecule has 1 heterocycles. The molecule has 2 N–H and O–H groups in total. The first-order chi connectivity index (χ1) is 17.7. The summed E-state index contributed by atoms with van der Waals surface area (Å²) >= 11 is 0. The maximum absolute atomic E-state index is 13.9. The van der Waals surface area contributed by atoms with Crippen LogP contribution in [-0.2, 0) is 25.4 Å². The number of aliphatic hydroxyl groups is 2. The van der Waals surface area contributed by atoms with Crippen LogP contribution in [0, 0.1) is 11.7 Å². The summed E-state index contributed by atoms with van der Waals surface area (Å²) in [5.41, 5.74) is 5.26. The lowest BCUT2D eigenvalue weighted by molar-refractivity contribution is -0.137. The van der Waals surface area contributed by atoms with E-state index in [1.54, 1.807) is 12.1 Å². The number of aliphatic hydroxyl groups excluding tert-OH is 2. The minimum Gasteiger partial charge on any atom is -0.396 e. The number of aryl methyl sites for hydroxylation is 1. The Kier molecular flexibility index (Phi) is 7.37. The van der Waals surface area contributed by atoms with E-state index in [2.05, 4.69) is 0 Å². The second-order valence-electron chi connectivity index (χ2n) is 10.4. The molecule has 3 aromatic rings. The van der Waals surface area contributed by atoms with E-state index in [4.69, 9.17) is 4.98 Å². The zero-order chi connectivity index (χ0) is 26.2. The summed E-state index contributed by atoms with van der Waals surface area (Å²) in [5, 5.41) is 21.0. The van der Waals surface area contributed by atoms with Crippen molar-refractivity contribution in [2.45, 2.75) is 69.6 Å². The van der Waals surface area contributed by atoms with Gasteiger partial charge < -0.3 is 10.2 Å². The van der Waals surface area contributed by atoms with Crippen molar-refractivity contribution in [3.63, 3.8) is 0 Å². The average Bonchev–Trinajstić information content (AvgIpc) is 3.42. The van der Waals surface area contributed by atoms with Crippen molar-refractivity contribution in [2.75, 3.05) is 6.61 Å². The van der Waals surface area contributed by atoms with Gasteiger partial charge in [0.1, 0.15) is 5.82 Å². The second-order valence-corrected chi connectivity index (χ2v) is 10.4. The summed E-state index contributed by atoms with van der Waals surface area (Å²) in [5.74, 6) is -0.167. The van der Waals surface area contributed by atoms with Gasteiger partial charge in [0.15, 0.2) is 0 Å². The number of halogens is 4. The van der Waals surface area contributed by atoms with Crippen molar-refractivity contribution in [3.8, 4) is 11.1 Å². The molecule has 1 saturated carbocycles. The summed E-state index contributed by atoms with van der Waals surface area (Å²) in [7, 11) is 0. The fourth-order valence-corrected chi connectivity index (χ4v) is 6.02. The molecule has 2 unspecified atom stereocenters. The zero-order valence-electron chi connectivity index (χ0n) is 20.6. The Bertz CT molecular complexity index is 1230. The largest absolute Gasteiger partial charge is 0.416 e. The van der Waals surface area contributed by atoms with Crippen LogP contribution in [0.1, 0.15) is 77.8 Å². The van der Waals surface area contributed by atoms with Gasteiger partial charge in [0.2, 0.25) is 0 Å². The molecule has 3 nitrogen and oxygen atoms in total. The van der Waals surface area contributed by atoms with Crippen LogP contribution >= 0.6 is 0 Å². The average molecular weight is 514 g/mol. The van der Waals surface area contributed by atoms with Gasteiger partial charge in [-0.2, -0.15) is 13.2 Å². The van der Waals surface area contributed by atoms with E-state index in [1.165, 1.54) is 24.3 Å². The van der Waals surface area contributed by atoms with Crippen LogP contribution in [0.15, 0.2) is 48.5 Å². The predicted molar refractivity (Wildman–Crippen MR) is 134 cm³/mol. The highest BCUT2D eigenvalue weighted by Crippen LogP contribution is 2.45. The third-order valence-corrected chi connectivity index (χ3v) is 7.90. The van der Waals surface area contributed by atoms with Crippen LogP contribution < -0.4 is 0 Å². The van der Waals surface area contributed by atoms with Crippen molar-refractivity contribution in [2.24, 2.45) is 5.92 Å². The Morgan fingerprint density at radius 3 is 2.22 bits per heavy atom. The number of benzene rings is 2. The Morgan fingerprint density at radius 1 is 0.919 bits per heavy atom. The van der Waals surface area contributed by atoms with Crippen molar-refractivity contribution >= 4 is 0 Å². The number of rotatable bonds is 6. The quantitative estimate of drug-likeness (QED) is 0.351. The molecular weight excluding hydrogens is 482 g/mol. The third kappa shape index (κ3) is 5.43. The first-order valence-electron chi connectivity index (χ1n) is 13.0. The molecule has 0 amide bonds. The zero-order valence-corrected chi connectivity index (χ0v) is 20.6. The molecule has 196 valence electrons. The summed E-state index contributed by atoms with van der Waals surface area (Å²) in [6.07, 6.45) is 1.08. The Labute approximate surface area is 214 Å². The molecule has 1 fully saturated rings. The molecule has 0 aliphatic heterocycles. The van der Waals surface area contributed by atoms with E-state index in [0.29, 0.717) is 25.7 Å². The molecular formula is C30H31F4NO2. The predicted octanol–water partition coefficient (Wildman–Crippen LogP) is 6.94. The molecule has 0 radical (unpaired) electrons. The molecule has 2 aromatic carbocycles. The lowest BCUT2D eigenvalue weighted by Crippen LogP contribution is -2.25. The Morgan fingerprint density at radius 2 is 1.59 bits per heavy atom. The van der Waals surface area contributed by atoms with Gasteiger partial charge in [-0.05, 0) is 91.0 Å². The normalized spacial score (nSPS) is 20.3. The van der Waals surface area contributed by atoms with Crippen molar-refractivity contribution < 1.29 is 27.8 Å². The Hall–Kier alpha value is -2.77. The van der Waals surface area contributed by atoms with Gasteiger partial charge in [-0.15, -0.1) is 0 Å². The molecule has 0 bridgehead atoms. The molecule has 0 spiro atoms. The maximum Gasteiger partial charge on any atom is 0.416 e. The highest BCUT2D eigenvalue weighted by molar-refractivity contribution is 5.74. The Balaban J connectivity index is 1.62. The van der Waals surface area contributed by atoms with Gasteiger partial charge in [0.05, 0.1) is 11.7 Å². The molecule has 7 heteroatoms. The van der Waals surface area contributed by atoms with Crippen LogP contribution in [0.3, 0.4) is 0 Å². The van der Waals surface area contributed by atoms with Gasteiger partial charge in [-0.1, -0.05) is 37.1 Å². The molecule has 37 heavy (non-hydrogen) atoms. The monoisotopic (exact) mass is 513 g/mol. The minimum atomic E-state index is -4.38. The van der Waals surface area contributed by atoms with Gasteiger partial charge in [-0.3, -0.25) is 4.98 Å². The molecule has 2 aliphatic carbocycles. The highest BCUT2D eigenvalue weighted by atomic mass is 19.4. The number of alkyl halides is 3. The fraction of sp³-hybridized carbons (Fsp3) is 0.433. The van der Waals surface area contributed by atoms with E-state index in [-0.39, 0.29) is 24.3 Å². The maximum atomic E-state index is 13.9. The van der Waals surface area contributed by atoms with Crippen molar-refractivity contribution in [1.29, 1.82) is 0 Å². The third-order valence-electron chi connectivity index (χ3n) is 7.90. The molecule has 2 atom stereocenters. The number of nitrogens with zero attached hydrogens (tertiary/aromatic N) is 1. The van der Waals surface area contributed by atoms with E-state index < -0.39 is 17.8 Å². The van der Waals surface area contributed by atoms with Gasteiger partial charge in [0.25, 0.3) is 0 Å². The van der Waals surface area contributed by atoms with Crippen LogP contribution in [-0.4, -0.2) is 21.8 Å². The standard InChI is InChI=1S/C30H31F4NO2/c31-23-12-8-20(9-13-23)27-24(14-7-18-5-10-22(11-6-18)30(32,33)34)29(21-3-1-2-4-21)35-25-15-19(17-36)16-26(37)28(25)27/h5-6,8-13,19,21,26,36-37H,1-4,7,14-17H2. The second kappa shape index (κ2) is 10.5. The molecule has 0 saturated heterocycles. The molecule has 5 rings (SSSR count). The summed E-state index contributed by atoms with van der Waals surface area (Å²) in [6, 6.07) is 11.5. The smallest absolute Gasteiger partial charge is 0.396 e. The summed E-state index contributed by atoms with van der Waals surface area (Å²) in [6.45, 7) is -0.0293. The number of aromatic nitrogens is 1. The SMILES string of the molecule is OCC1Cc2nc(C3CCCC3)c(CCc3ccc(C(F)(F)F)cc3)c(-c3ccc(F)cc3)c2C(O)C1. The van der Waals surface area contributed by atoms with Crippen LogP contribution in [0.5, 0.6) is 0 Å². The van der Waals surface area contributed by atoms with E-state index >= 15 is 0 Å². The lowest BCUT2D eigenvalue weighted by Gasteiger charge is -2.32. The number of hydrogen-bond acceptors (Lipinski definition) is 3. The van der Waals surface area contributed by atoms with Crippen LogP contribution in [0.4, 0.5) is 17.6 Å². The topological polar surface area (TPSA) is 53.4 Å². The van der Waals surface area contributed by atoms with E-state index in [0.717, 1.165) is 77.0 Å². The van der Waals surface area contributed by atoms with E-state index in [1.807, 2.05) is 0 Å². The van der Waals surface area contributed by atoms with E-state index in [9.17, 15) is 27.8 Å². The number of hydrogen-bond donors (Lipinski definition) is 2. The summed E-state index contributed by atoms with van der Waals surface area (Å²) in [4.78, 5) is 5.11. The van der Waals surface area contributed by atoms with Crippen molar-refractivity contribution in [1.82, 2.24) is 4.98 Å². The van der Waals surface area contributed by atoms with Gasteiger partial charge >= 0.3 is 6.18 Å². The first-order valence-corrected chi connectivity index (χ1v) is 13.0. The highest BCUT2D eigenvalue weighted by Gasteiger charge is 2.34. The van der Waals surface area contributed by atoms with Crippen molar-refractivity contribution in [3.05, 3.63) is 88.0 Å². The number of fused-ring (bicyclic) bond motifs is 1. The summed E-state index contributed by atoms with van der Waals surface area (Å²) < 4.78 is 53.0. The fourth-order valence-electron chi connectivity index (χ4n) is 6.02. The van der Waals surface area contributed by atoms with Gasteiger partial charge in [-0.25, -0.2) is 4.39 Å². The first kappa shape index (κ1) is 25.9. The van der Waals surface area contributed by atoms with Crippen LogP contribution in [0.2, 0.25) is 0 Å².